The summed E-state index contributed by atoms with van der Waals surface area (Å²) in [4.78, 5) is 10.5. The Morgan fingerprint density at radius 2 is 0.911 bits per heavy atom. The van der Waals surface area contributed by atoms with Crippen molar-refractivity contribution in [3.05, 3.63) is 180 Å². The van der Waals surface area contributed by atoms with Gasteiger partial charge < -0.3 is 0 Å². The molecule has 8 aromatic rings. The molecule has 1 spiro atoms. The zero-order chi connectivity index (χ0) is 29.5. The zero-order valence-corrected chi connectivity index (χ0v) is 24.4. The minimum Gasteiger partial charge on any atom is -0.228 e. The number of para-hydroxylation sites is 1. The van der Waals surface area contributed by atoms with Gasteiger partial charge in [0.25, 0.3) is 0 Å². The Hall–Kier alpha value is -5.86. The van der Waals surface area contributed by atoms with Crippen LogP contribution in [-0.4, -0.2) is 9.97 Å². The third-order valence-electron chi connectivity index (χ3n) is 9.90. The Morgan fingerprint density at radius 1 is 0.378 bits per heavy atom. The lowest BCUT2D eigenvalue weighted by atomic mass is 9.70. The minimum absolute atomic E-state index is 0.351. The van der Waals surface area contributed by atoms with Crippen LogP contribution < -0.4 is 0 Å². The fourth-order valence-electron chi connectivity index (χ4n) is 8.08. The third-order valence-corrected chi connectivity index (χ3v) is 9.90. The van der Waals surface area contributed by atoms with Gasteiger partial charge in [-0.05, 0) is 67.4 Å². The first-order valence-electron chi connectivity index (χ1n) is 15.5. The molecule has 2 nitrogen and oxygen atoms in total. The maximum Gasteiger partial charge on any atom is 0.160 e. The maximum atomic E-state index is 5.32. The highest BCUT2D eigenvalue weighted by molar-refractivity contribution is 6.04. The van der Waals surface area contributed by atoms with Crippen LogP contribution in [0.15, 0.2) is 158 Å². The van der Waals surface area contributed by atoms with Crippen LogP contribution in [0.1, 0.15) is 22.3 Å². The summed E-state index contributed by atoms with van der Waals surface area (Å²) in [5.41, 5.74) is 14.2. The predicted octanol–water partition coefficient (Wildman–Crippen LogP) is 10.5. The summed E-state index contributed by atoms with van der Waals surface area (Å²) in [6, 6.07) is 57.0. The second-order valence-corrected chi connectivity index (χ2v) is 12.1. The minimum atomic E-state index is -0.351. The largest absolute Gasteiger partial charge is 0.228 e. The highest BCUT2D eigenvalue weighted by Crippen LogP contribution is 2.62. The second kappa shape index (κ2) is 9.07. The Labute approximate surface area is 261 Å². The fourth-order valence-corrected chi connectivity index (χ4v) is 8.08. The van der Waals surface area contributed by atoms with Crippen LogP contribution in [0.5, 0.6) is 0 Å². The van der Waals surface area contributed by atoms with Gasteiger partial charge >= 0.3 is 0 Å². The van der Waals surface area contributed by atoms with E-state index in [-0.39, 0.29) is 5.41 Å². The molecule has 1 aromatic heterocycles. The van der Waals surface area contributed by atoms with Gasteiger partial charge in [-0.2, -0.15) is 0 Å². The lowest BCUT2D eigenvalue weighted by molar-refractivity contribution is 0.794. The number of fused-ring (bicyclic) bond motifs is 12. The molecule has 0 atom stereocenters. The van der Waals surface area contributed by atoms with E-state index in [0.717, 1.165) is 33.5 Å². The smallest absolute Gasteiger partial charge is 0.160 e. The average molecular weight is 571 g/mol. The third kappa shape index (κ3) is 3.23. The van der Waals surface area contributed by atoms with Crippen molar-refractivity contribution in [3.63, 3.8) is 0 Å². The number of benzene rings is 7. The molecule has 7 aromatic carbocycles. The molecule has 0 unspecified atom stereocenters. The van der Waals surface area contributed by atoms with E-state index in [0.29, 0.717) is 0 Å². The van der Waals surface area contributed by atoms with Crippen LogP contribution in [-0.2, 0) is 5.41 Å². The van der Waals surface area contributed by atoms with Crippen molar-refractivity contribution in [1.82, 2.24) is 9.97 Å². The first-order chi connectivity index (χ1) is 22.3. The molecule has 0 fully saturated rings. The van der Waals surface area contributed by atoms with Crippen LogP contribution in [0.3, 0.4) is 0 Å². The number of nitrogens with zero attached hydrogens (tertiary/aromatic N) is 2. The van der Waals surface area contributed by atoms with E-state index in [1.807, 2.05) is 0 Å². The molecular weight excluding hydrogens is 544 g/mol. The summed E-state index contributed by atoms with van der Waals surface area (Å²) in [6.07, 6.45) is 0. The van der Waals surface area contributed by atoms with E-state index in [1.165, 1.54) is 55.3 Å². The summed E-state index contributed by atoms with van der Waals surface area (Å²) in [5, 5.41) is 3.45. The van der Waals surface area contributed by atoms with Crippen LogP contribution in [0, 0.1) is 0 Å². The normalized spacial score (nSPS) is 13.5. The van der Waals surface area contributed by atoms with E-state index in [1.54, 1.807) is 0 Å². The van der Waals surface area contributed by atoms with E-state index >= 15 is 0 Å². The van der Waals surface area contributed by atoms with Crippen LogP contribution >= 0.6 is 0 Å². The van der Waals surface area contributed by atoms with Crippen molar-refractivity contribution in [3.8, 4) is 44.9 Å². The first-order valence-corrected chi connectivity index (χ1v) is 15.5. The molecule has 0 N–H and O–H groups in total. The summed E-state index contributed by atoms with van der Waals surface area (Å²) in [7, 11) is 0. The highest BCUT2D eigenvalue weighted by atomic mass is 14.9. The van der Waals surface area contributed by atoms with Crippen molar-refractivity contribution in [2.45, 2.75) is 5.41 Å². The van der Waals surface area contributed by atoms with Crippen molar-refractivity contribution >= 4 is 21.7 Å². The van der Waals surface area contributed by atoms with Crippen LogP contribution in [0.2, 0.25) is 0 Å². The van der Waals surface area contributed by atoms with Gasteiger partial charge in [-0.15, -0.1) is 0 Å². The molecule has 0 aliphatic heterocycles. The SMILES string of the molecule is c1ccc2c(c1)-c1ccccc1C21c2ccccc2-c2cc(-c3nc(-c4cccc5ccccc45)c4ccccc4n3)ccc21. The maximum absolute atomic E-state index is 5.32. The molecule has 0 radical (unpaired) electrons. The standard InChI is InChI=1S/C43H26N2/c1-2-14-29-27(12-1)13-11-19-33(29)41-34-18-6-10-23-40(34)44-42(45-41)28-24-25-39-35(26-28)32-17-5-9-22-38(32)43(39)36-20-7-3-15-30(36)31-16-4-8-21-37(31)43/h1-26H. The Bertz CT molecular complexity index is 2460. The fraction of sp³-hybridized carbons (Fsp3) is 0.0233. The van der Waals surface area contributed by atoms with E-state index in [2.05, 4.69) is 158 Å². The molecule has 208 valence electrons. The van der Waals surface area contributed by atoms with Crippen LogP contribution in [0.25, 0.3) is 66.6 Å². The van der Waals surface area contributed by atoms with Gasteiger partial charge in [-0.3, -0.25) is 0 Å². The first kappa shape index (κ1) is 24.6. The Morgan fingerprint density at radius 3 is 1.64 bits per heavy atom. The molecule has 0 amide bonds. The Kier molecular flexibility index (Phi) is 4.95. The monoisotopic (exact) mass is 570 g/mol. The highest BCUT2D eigenvalue weighted by Gasteiger charge is 2.51. The summed E-state index contributed by atoms with van der Waals surface area (Å²) in [5.74, 6) is 0.741. The van der Waals surface area contributed by atoms with Gasteiger partial charge in [0.1, 0.15) is 0 Å². The van der Waals surface area contributed by atoms with Crippen molar-refractivity contribution in [1.29, 1.82) is 0 Å². The van der Waals surface area contributed by atoms with E-state index in [4.69, 9.17) is 9.97 Å². The topological polar surface area (TPSA) is 25.8 Å². The molecule has 45 heavy (non-hydrogen) atoms. The van der Waals surface area contributed by atoms with Crippen molar-refractivity contribution in [2.75, 3.05) is 0 Å². The van der Waals surface area contributed by atoms with Gasteiger partial charge in [-0.25, -0.2) is 9.97 Å². The number of rotatable bonds is 2. The molecule has 1 heterocycles. The number of aromatic nitrogens is 2. The molecule has 0 saturated carbocycles. The van der Waals surface area contributed by atoms with E-state index in [9.17, 15) is 0 Å². The summed E-state index contributed by atoms with van der Waals surface area (Å²) in [6.45, 7) is 0. The van der Waals surface area contributed by atoms with Crippen molar-refractivity contribution in [2.24, 2.45) is 0 Å². The molecule has 0 bridgehead atoms. The quantitative estimate of drug-likeness (QED) is 0.207. The Balaban J connectivity index is 1.24. The lowest BCUT2D eigenvalue weighted by Crippen LogP contribution is -2.25. The molecule has 2 aliphatic carbocycles. The van der Waals surface area contributed by atoms with Gasteiger partial charge in [0.2, 0.25) is 0 Å². The number of hydrogen-bond donors (Lipinski definition) is 0. The van der Waals surface area contributed by atoms with Gasteiger partial charge in [0, 0.05) is 16.5 Å². The summed E-state index contributed by atoms with van der Waals surface area (Å²) >= 11 is 0. The molecule has 10 rings (SSSR count). The van der Waals surface area contributed by atoms with E-state index < -0.39 is 0 Å². The summed E-state index contributed by atoms with van der Waals surface area (Å²) < 4.78 is 0. The molecule has 0 saturated heterocycles. The molecular formula is C43H26N2. The predicted molar refractivity (Wildman–Crippen MR) is 184 cm³/mol. The van der Waals surface area contributed by atoms with Crippen molar-refractivity contribution < 1.29 is 0 Å². The van der Waals surface area contributed by atoms with Gasteiger partial charge in [-0.1, -0.05) is 146 Å². The zero-order valence-electron chi connectivity index (χ0n) is 24.4. The van der Waals surface area contributed by atoms with Gasteiger partial charge in [0.05, 0.1) is 16.6 Å². The molecule has 2 heteroatoms. The average Bonchev–Trinajstić information content (AvgIpc) is 3.58. The number of hydrogen-bond acceptors (Lipinski definition) is 2. The lowest BCUT2D eigenvalue weighted by Gasteiger charge is -2.30. The van der Waals surface area contributed by atoms with Crippen LogP contribution in [0.4, 0.5) is 0 Å². The van der Waals surface area contributed by atoms with Gasteiger partial charge in [0.15, 0.2) is 5.82 Å². The molecule has 2 aliphatic rings. The second-order valence-electron chi connectivity index (χ2n) is 12.1.